The fourth-order valence-electron chi connectivity index (χ4n) is 8.09. The van der Waals surface area contributed by atoms with Crippen LogP contribution in [0.4, 0.5) is 17.1 Å². The van der Waals surface area contributed by atoms with Crippen LogP contribution in [0.5, 0.6) is 0 Å². The molecule has 0 bridgehead atoms. The first kappa shape index (κ1) is 34.2. The molecule has 0 aliphatic carbocycles. The second kappa shape index (κ2) is 13.3. The van der Waals surface area contributed by atoms with Gasteiger partial charge in [0, 0.05) is 49.5 Å². The van der Waals surface area contributed by atoms with E-state index in [1.54, 1.807) is 28.9 Å². The molecule has 1 unspecified atom stereocenters. The maximum atomic E-state index is 13.6. The second-order valence-electron chi connectivity index (χ2n) is 15.0. The molecule has 3 saturated heterocycles. The largest absolute Gasteiger partial charge is 0.371 e. The molecular formula is C40H40N8O5. The van der Waals surface area contributed by atoms with Gasteiger partial charge in [-0.3, -0.25) is 38.9 Å². The summed E-state index contributed by atoms with van der Waals surface area (Å²) in [5, 5.41) is 11.6. The van der Waals surface area contributed by atoms with Crippen LogP contribution in [0, 0.1) is 12.5 Å². The normalized spacial score (nSPS) is 20.0. The lowest BCUT2D eigenvalue weighted by atomic mass is 9.90. The maximum Gasteiger partial charge on any atom is 0.262 e. The van der Waals surface area contributed by atoms with Gasteiger partial charge in [-0.05, 0) is 92.7 Å². The van der Waals surface area contributed by atoms with Crippen LogP contribution in [0.25, 0.3) is 15.6 Å². The molecule has 5 amide bonds. The first-order chi connectivity index (χ1) is 25.5. The van der Waals surface area contributed by atoms with Gasteiger partial charge >= 0.3 is 0 Å². The predicted molar refractivity (Wildman–Crippen MR) is 198 cm³/mol. The molecule has 4 aliphatic rings. The average Bonchev–Trinajstić information content (AvgIpc) is 3.74. The molecule has 0 saturated carbocycles. The Kier molecular flexibility index (Phi) is 8.57. The van der Waals surface area contributed by atoms with Gasteiger partial charge in [0.05, 0.1) is 23.9 Å². The van der Waals surface area contributed by atoms with Crippen molar-refractivity contribution >= 4 is 57.4 Å². The number of nitrogens with one attached hydrogen (secondary N) is 2. The standard InChI is InChI=1S/C40H40N8O5/c1-40(2,39(53)43-33-11-10-32(41-3)28-6-4-5-7-29(28)33)47-23-26(19-42-47)25-14-16-45(17-15-25)20-24-21-46(22-24)27-8-9-30-31(18-27)38(52)48(37(30)51)34-12-13-35(49)44-36(34)50/h4-11,18-19,23-25,34H,12-17,20-22H2,1-2H3,(H,43,53)(H,44,49,50). The van der Waals surface area contributed by atoms with Crippen molar-refractivity contribution in [3.63, 3.8) is 0 Å². The Bertz CT molecular complexity index is 2220. The van der Waals surface area contributed by atoms with Gasteiger partial charge in [-0.15, -0.1) is 0 Å². The van der Waals surface area contributed by atoms with Crippen LogP contribution in [0.3, 0.4) is 0 Å². The van der Waals surface area contributed by atoms with Crippen molar-refractivity contribution in [3.8, 4) is 0 Å². The topological polar surface area (TPSA) is 141 Å². The number of imide groups is 2. The van der Waals surface area contributed by atoms with E-state index < -0.39 is 35.2 Å². The highest BCUT2D eigenvalue weighted by Gasteiger charge is 2.45. The first-order valence-electron chi connectivity index (χ1n) is 18.1. The van der Waals surface area contributed by atoms with Crippen molar-refractivity contribution in [1.29, 1.82) is 0 Å². The fourth-order valence-corrected chi connectivity index (χ4v) is 8.09. The number of rotatable bonds is 8. The molecule has 8 rings (SSSR count). The molecule has 13 nitrogen and oxygen atoms in total. The molecule has 5 heterocycles. The summed E-state index contributed by atoms with van der Waals surface area (Å²) in [4.78, 5) is 73.2. The van der Waals surface area contributed by atoms with E-state index in [0.717, 1.165) is 72.5 Å². The fraction of sp³-hybridized carbons (Fsp3) is 0.375. The third kappa shape index (κ3) is 6.12. The molecular weight excluding hydrogens is 672 g/mol. The summed E-state index contributed by atoms with van der Waals surface area (Å²) < 4.78 is 1.75. The van der Waals surface area contributed by atoms with Crippen LogP contribution in [0.1, 0.15) is 71.7 Å². The van der Waals surface area contributed by atoms with Gasteiger partial charge in [-0.1, -0.05) is 30.3 Å². The SMILES string of the molecule is [C-]#[N+]c1ccc(NC(=O)C(C)(C)n2cc(C3CCN(CC4CN(c5ccc6c(c5)C(=O)N(C5CCC(=O)NC5=O)C6=O)C4)CC3)cn2)c2ccccc12. The molecule has 3 fully saturated rings. The van der Waals surface area contributed by atoms with E-state index >= 15 is 0 Å². The minimum atomic E-state index is -0.973. The summed E-state index contributed by atoms with van der Waals surface area (Å²) in [5.41, 5.74) is 2.87. The average molecular weight is 713 g/mol. The number of hydrogen-bond acceptors (Lipinski definition) is 8. The second-order valence-corrected chi connectivity index (χ2v) is 15.0. The van der Waals surface area contributed by atoms with Crippen LogP contribution < -0.4 is 15.5 Å². The molecule has 13 heteroatoms. The van der Waals surface area contributed by atoms with Gasteiger partial charge in [0.15, 0.2) is 5.69 Å². The Balaban J connectivity index is 0.831. The molecule has 4 aliphatic heterocycles. The van der Waals surface area contributed by atoms with Crippen LogP contribution >= 0.6 is 0 Å². The van der Waals surface area contributed by atoms with Gasteiger partial charge < -0.3 is 15.1 Å². The lowest BCUT2D eigenvalue weighted by Gasteiger charge is -2.44. The van der Waals surface area contributed by atoms with Crippen LogP contribution in [-0.2, 0) is 19.9 Å². The Hall–Kier alpha value is -5.87. The summed E-state index contributed by atoms with van der Waals surface area (Å²) in [7, 11) is 0. The number of anilines is 2. The zero-order valence-electron chi connectivity index (χ0n) is 29.7. The molecule has 2 N–H and O–H groups in total. The number of carbonyl (C=O) groups excluding carboxylic acids is 5. The summed E-state index contributed by atoms with van der Waals surface area (Å²) in [6.45, 7) is 15.8. The number of amides is 5. The van der Waals surface area contributed by atoms with E-state index in [0.29, 0.717) is 34.3 Å². The molecule has 0 spiro atoms. The highest BCUT2D eigenvalue weighted by molar-refractivity contribution is 6.23. The van der Waals surface area contributed by atoms with Crippen molar-refractivity contribution in [2.75, 3.05) is 42.9 Å². The maximum absolute atomic E-state index is 13.6. The third-order valence-corrected chi connectivity index (χ3v) is 11.3. The Labute approximate surface area is 306 Å². The van der Waals surface area contributed by atoms with Crippen molar-refractivity contribution in [2.45, 2.75) is 57.0 Å². The smallest absolute Gasteiger partial charge is 0.262 e. The zero-order valence-corrected chi connectivity index (χ0v) is 29.7. The zero-order chi connectivity index (χ0) is 37.0. The highest BCUT2D eigenvalue weighted by Crippen LogP contribution is 2.36. The number of aromatic nitrogens is 2. The summed E-state index contributed by atoms with van der Waals surface area (Å²) in [6, 6.07) is 15.4. The number of carbonyl (C=O) groups is 5. The summed E-state index contributed by atoms with van der Waals surface area (Å²) in [6.07, 6.45) is 6.11. The van der Waals surface area contributed by atoms with Crippen molar-refractivity contribution < 1.29 is 24.0 Å². The van der Waals surface area contributed by atoms with Gasteiger partial charge in [-0.25, -0.2) is 4.85 Å². The van der Waals surface area contributed by atoms with E-state index in [9.17, 15) is 24.0 Å². The van der Waals surface area contributed by atoms with E-state index in [-0.39, 0.29) is 18.7 Å². The molecule has 4 aromatic rings. The number of benzene rings is 3. The quantitative estimate of drug-likeness (QED) is 0.198. The Morgan fingerprint density at radius 1 is 0.962 bits per heavy atom. The summed E-state index contributed by atoms with van der Waals surface area (Å²) >= 11 is 0. The molecule has 0 radical (unpaired) electrons. The number of piperidine rings is 2. The molecule has 1 atom stereocenters. The Morgan fingerprint density at radius 2 is 1.70 bits per heavy atom. The van der Waals surface area contributed by atoms with E-state index in [4.69, 9.17) is 6.57 Å². The van der Waals surface area contributed by atoms with Crippen LogP contribution in [0.2, 0.25) is 0 Å². The van der Waals surface area contributed by atoms with Gasteiger partial charge in [-0.2, -0.15) is 5.10 Å². The molecule has 1 aromatic heterocycles. The molecule has 53 heavy (non-hydrogen) atoms. The minimum absolute atomic E-state index is 0.0900. The lowest BCUT2D eigenvalue weighted by Crippen LogP contribution is -2.54. The van der Waals surface area contributed by atoms with E-state index in [2.05, 4.69) is 30.4 Å². The number of likely N-dealkylation sites (tertiary alicyclic amines) is 1. The first-order valence-corrected chi connectivity index (χ1v) is 18.1. The number of nitrogens with zero attached hydrogens (tertiary/aromatic N) is 6. The van der Waals surface area contributed by atoms with Gasteiger partial charge in [0.2, 0.25) is 11.8 Å². The van der Waals surface area contributed by atoms with Gasteiger partial charge in [0.1, 0.15) is 11.6 Å². The van der Waals surface area contributed by atoms with E-state index in [1.807, 2.05) is 56.6 Å². The van der Waals surface area contributed by atoms with Crippen molar-refractivity contribution in [3.05, 3.63) is 95.1 Å². The monoisotopic (exact) mass is 712 g/mol. The van der Waals surface area contributed by atoms with Gasteiger partial charge in [0.25, 0.3) is 17.7 Å². The van der Waals surface area contributed by atoms with Crippen molar-refractivity contribution in [2.24, 2.45) is 5.92 Å². The van der Waals surface area contributed by atoms with Crippen LogP contribution in [-0.4, -0.2) is 87.9 Å². The van der Waals surface area contributed by atoms with Crippen LogP contribution in [0.15, 0.2) is 67.0 Å². The summed E-state index contributed by atoms with van der Waals surface area (Å²) in [5.74, 6) is -1.34. The molecule has 270 valence electrons. The van der Waals surface area contributed by atoms with E-state index in [1.165, 1.54) is 0 Å². The highest BCUT2D eigenvalue weighted by atomic mass is 16.2. The minimum Gasteiger partial charge on any atom is -0.371 e. The predicted octanol–water partition coefficient (Wildman–Crippen LogP) is 4.68. The van der Waals surface area contributed by atoms with Crippen molar-refractivity contribution in [1.82, 2.24) is 24.9 Å². The number of fused-ring (bicyclic) bond motifs is 2. The number of hydrogen-bond donors (Lipinski definition) is 2. The third-order valence-electron chi connectivity index (χ3n) is 11.3. The lowest BCUT2D eigenvalue weighted by molar-refractivity contribution is -0.136. The molecule has 3 aromatic carbocycles. The Morgan fingerprint density at radius 3 is 2.43 bits per heavy atom.